The molecule has 1 N–H and O–H groups in total. The van der Waals surface area contributed by atoms with Gasteiger partial charge < -0.3 is 28.5 Å². The Morgan fingerprint density at radius 2 is 0.740 bits per heavy atom. The van der Waals surface area contributed by atoms with Crippen LogP contribution in [0.5, 0.6) is 0 Å². The van der Waals surface area contributed by atoms with Crippen molar-refractivity contribution in [2.24, 2.45) is 0 Å². The van der Waals surface area contributed by atoms with Gasteiger partial charge in [0, 0.05) is 12.8 Å². The van der Waals surface area contributed by atoms with Crippen LogP contribution in [-0.4, -0.2) is 87.4 Å². The lowest BCUT2D eigenvalue weighted by Crippen LogP contribution is -2.40. The molecule has 0 rings (SSSR count). The van der Waals surface area contributed by atoms with Gasteiger partial charge in [-0.3, -0.25) is 9.59 Å². The molecule has 0 aromatic heterocycles. The lowest BCUT2D eigenvalue weighted by atomic mass is 10.0. The Hall–Kier alpha value is -4.31. The molecule has 438 valence electrons. The van der Waals surface area contributed by atoms with Crippen LogP contribution in [0, 0.1) is 0 Å². The molecule has 2 unspecified atom stereocenters. The van der Waals surface area contributed by atoms with E-state index in [4.69, 9.17) is 18.9 Å². The highest BCUT2D eigenvalue weighted by molar-refractivity contribution is 5.71. The van der Waals surface area contributed by atoms with E-state index in [2.05, 4.69) is 135 Å². The second kappa shape index (κ2) is 57.9. The maximum Gasteiger partial charge on any atom is 0.361 e. The van der Waals surface area contributed by atoms with E-state index >= 15 is 0 Å². The maximum atomic E-state index is 12.9. The first-order valence-electron chi connectivity index (χ1n) is 30.7. The summed E-state index contributed by atoms with van der Waals surface area (Å²) >= 11 is 0. The Morgan fingerprint density at radius 1 is 0.403 bits per heavy atom. The summed E-state index contributed by atoms with van der Waals surface area (Å²) in [6, 6.07) is 0. The normalized spacial score (nSPS) is 13.6. The van der Waals surface area contributed by atoms with Crippen molar-refractivity contribution in [1.82, 2.24) is 0 Å². The van der Waals surface area contributed by atoms with Gasteiger partial charge in [-0.2, -0.15) is 0 Å². The van der Waals surface area contributed by atoms with Gasteiger partial charge >= 0.3 is 17.9 Å². The van der Waals surface area contributed by atoms with Crippen LogP contribution in [0.1, 0.15) is 232 Å². The predicted octanol–water partition coefficient (Wildman–Crippen LogP) is 18.5. The van der Waals surface area contributed by atoms with Gasteiger partial charge in [0.2, 0.25) is 0 Å². The molecule has 9 heteroatoms. The number of esters is 2. The third-order valence-corrected chi connectivity index (χ3v) is 12.7. The first kappa shape index (κ1) is 72.7. The number of carboxylic acid groups (broad SMARTS) is 1. The summed E-state index contributed by atoms with van der Waals surface area (Å²) in [5.74, 6) is -2.04. The monoisotopic (exact) mass is 1070 g/mol. The number of aliphatic carboxylic acids is 1. The van der Waals surface area contributed by atoms with Crippen molar-refractivity contribution in [3.63, 3.8) is 0 Å². The van der Waals surface area contributed by atoms with Gasteiger partial charge in [-0.15, -0.1) is 0 Å². The fraction of sp³-hybridized carbons (Fsp3) is 0.662. The smallest absolute Gasteiger partial charge is 0.361 e. The van der Waals surface area contributed by atoms with Crippen molar-refractivity contribution in [1.29, 1.82) is 0 Å². The number of unbranched alkanes of at least 4 members (excludes halogenated alkanes) is 20. The molecule has 0 fully saturated rings. The van der Waals surface area contributed by atoms with Gasteiger partial charge in [-0.25, -0.2) is 4.79 Å². The summed E-state index contributed by atoms with van der Waals surface area (Å²) in [5, 5.41) is 9.71. The van der Waals surface area contributed by atoms with Crippen LogP contribution in [0.4, 0.5) is 0 Å². The van der Waals surface area contributed by atoms with E-state index in [1.165, 1.54) is 89.9 Å². The summed E-state index contributed by atoms with van der Waals surface area (Å²) in [6.07, 6.45) is 78.5. The molecule has 0 heterocycles. The Kier molecular flexibility index (Phi) is 54.6. The Bertz CT molecular complexity index is 1670. The molecule has 0 aromatic carbocycles. The molecule has 2 atom stereocenters. The van der Waals surface area contributed by atoms with Crippen LogP contribution in [0.15, 0.2) is 122 Å². The molecule has 0 spiro atoms. The van der Waals surface area contributed by atoms with E-state index in [0.29, 0.717) is 23.9 Å². The third-order valence-electron chi connectivity index (χ3n) is 12.7. The van der Waals surface area contributed by atoms with Gasteiger partial charge in [0.1, 0.15) is 13.2 Å². The number of carboxylic acids is 1. The van der Waals surface area contributed by atoms with Crippen LogP contribution in [-0.2, 0) is 33.3 Å². The predicted molar refractivity (Wildman–Crippen MR) is 327 cm³/mol. The van der Waals surface area contributed by atoms with Gasteiger partial charge in [0.25, 0.3) is 6.29 Å². The standard InChI is InChI=1S/C68H113NO8/c1-6-8-10-12-14-16-18-20-22-24-25-26-27-28-29-30-31-32-33-34-35-36-37-38-39-40-41-43-45-47-49-51-53-55-57-59-66(71)77-64(63-76-68(67(72)73)74-61-60-69(3,4)5)62-75-65(70)58-56-54-52-50-48-46-44-42-23-21-19-17-15-13-11-9-7-2/h8,10,14,16,20,22,25-26,28-29,31-32,34-35,37-38,40-41,45,47,64,68H,6-7,9,11-13,15,17-19,21,23-24,27,30,33,36,39,42-44,46,48-63H2,1-5H3/p+1/b10-8-,16-14-,22-20-,26-25-,29-28-,32-31-,35-34-,38-37-,41-40-,47-45-. The van der Waals surface area contributed by atoms with E-state index in [-0.39, 0.29) is 32.2 Å². The molecular weight excluding hydrogens is 959 g/mol. The summed E-state index contributed by atoms with van der Waals surface area (Å²) in [4.78, 5) is 37.4. The number of allylic oxidation sites excluding steroid dienone is 20. The van der Waals surface area contributed by atoms with E-state index in [9.17, 15) is 19.5 Å². The Balaban J connectivity index is 4.29. The van der Waals surface area contributed by atoms with Crippen molar-refractivity contribution in [2.75, 3.05) is 47.5 Å². The molecule has 0 aliphatic rings. The van der Waals surface area contributed by atoms with Gasteiger partial charge in [0.15, 0.2) is 6.10 Å². The molecule has 0 amide bonds. The quantitative estimate of drug-likeness (QED) is 0.0211. The van der Waals surface area contributed by atoms with Gasteiger partial charge in [-0.05, 0) is 89.9 Å². The number of hydrogen-bond donors (Lipinski definition) is 1. The number of quaternary nitrogens is 1. The minimum absolute atomic E-state index is 0.177. The van der Waals surface area contributed by atoms with Crippen LogP contribution < -0.4 is 0 Å². The zero-order valence-corrected chi connectivity index (χ0v) is 49.8. The topological polar surface area (TPSA) is 108 Å². The minimum atomic E-state index is -1.52. The van der Waals surface area contributed by atoms with E-state index < -0.39 is 24.3 Å². The molecule has 9 nitrogen and oxygen atoms in total. The molecule has 0 saturated heterocycles. The van der Waals surface area contributed by atoms with Crippen molar-refractivity contribution in [3.8, 4) is 0 Å². The van der Waals surface area contributed by atoms with Crippen LogP contribution >= 0.6 is 0 Å². The average Bonchev–Trinajstić information content (AvgIpc) is 3.40. The molecule has 77 heavy (non-hydrogen) atoms. The molecule has 0 bridgehead atoms. The number of ether oxygens (including phenoxy) is 4. The average molecular weight is 1070 g/mol. The molecule has 0 aromatic rings. The zero-order chi connectivity index (χ0) is 56.2. The number of carbonyl (C=O) groups excluding carboxylic acids is 2. The second-order valence-electron chi connectivity index (χ2n) is 21.3. The van der Waals surface area contributed by atoms with E-state index in [1.54, 1.807) is 0 Å². The highest BCUT2D eigenvalue weighted by Gasteiger charge is 2.25. The fourth-order valence-electron chi connectivity index (χ4n) is 8.04. The van der Waals surface area contributed by atoms with Crippen LogP contribution in [0.3, 0.4) is 0 Å². The summed E-state index contributed by atoms with van der Waals surface area (Å²) in [5.41, 5.74) is 0. The number of likely N-dealkylation sites (N-methyl/N-ethyl adjacent to an activating group) is 1. The highest BCUT2D eigenvalue weighted by Crippen LogP contribution is 2.16. The van der Waals surface area contributed by atoms with Crippen molar-refractivity contribution >= 4 is 17.9 Å². The molecule has 0 aliphatic carbocycles. The second-order valence-corrected chi connectivity index (χ2v) is 21.3. The fourth-order valence-corrected chi connectivity index (χ4v) is 8.04. The third kappa shape index (κ3) is 59.2. The maximum absolute atomic E-state index is 12.9. The first-order valence-corrected chi connectivity index (χ1v) is 30.7. The number of nitrogens with zero attached hydrogens (tertiary/aromatic N) is 1. The molecule has 0 saturated carbocycles. The van der Waals surface area contributed by atoms with Crippen LogP contribution in [0.25, 0.3) is 0 Å². The highest BCUT2D eigenvalue weighted by atomic mass is 16.7. The summed E-state index contributed by atoms with van der Waals surface area (Å²) in [7, 11) is 5.95. The number of carbonyl (C=O) groups is 3. The van der Waals surface area contributed by atoms with Crippen molar-refractivity contribution in [3.05, 3.63) is 122 Å². The van der Waals surface area contributed by atoms with Gasteiger partial charge in [0.05, 0.1) is 34.4 Å². The largest absolute Gasteiger partial charge is 0.477 e. The van der Waals surface area contributed by atoms with E-state index in [1.807, 2.05) is 21.1 Å². The Labute approximate surface area is 472 Å². The van der Waals surface area contributed by atoms with E-state index in [0.717, 1.165) is 109 Å². The van der Waals surface area contributed by atoms with Gasteiger partial charge in [-0.1, -0.05) is 251 Å². The molecule has 0 radical (unpaired) electrons. The summed E-state index contributed by atoms with van der Waals surface area (Å²) < 4.78 is 22.9. The minimum Gasteiger partial charge on any atom is -0.477 e. The lowest BCUT2D eigenvalue weighted by molar-refractivity contribution is -0.870. The van der Waals surface area contributed by atoms with Crippen LogP contribution in [0.2, 0.25) is 0 Å². The zero-order valence-electron chi connectivity index (χ0n) is 49.8. The number of hydrogen-bond acceptors (Lipinski definition) is 7. The summed E-state index contributed by atoms with van der Waals surface area (Å²) in [6.45, 7) is 4.73. The SMILES string of the molecule is CC/C=C\C/C=C\C/C=C\C/C=C\C/C=C\C/C=C\C/C=C\C/C=C\C/C=C\C/C=C\CCCCCCC(=O)OC(COC(=O)CCCCCCCCCCCCCCCCCCC)COC(OCC[N+](C)(C)C)C(=O)O. The molecule has 0 aliphatic heterocycles. The molecular formula is C68H114NO8+. The van der Waals surface area contributed by atoms with Crippen molar-refractivity contribution in [2.45, 2.75) is 245 Å². The lowest BCUT2D eigenvalue weighted by Gasteiger charge is -2.25. The number of rotatable bonds is 55. The van der Waals surface area contributed by atoms with Crippen molar-refractivity contribution < 1.29 is 42.9 Å². The first-order chi connectivity index (χ1) is 37.6. The Morgan fingerprint density at radius 3 is 1.10 bits per heavy atom.